The number of carbonyl (C=O) groups is 1. The van der Waals surface area contributed by atoms with Crippen molar-refractivity contribution < 1.29 is 13.9 Å². The predicted octanol–water partition coefficient (Wildman–Crippen LogP) is 5.25. The lowest BCUT2D eigenvalue weighted by Crippen LogP contribution is -2.26. The summed E-state index contributed by atoms with van der Waals surface area (Å²) < 4.78 is 21.5. The fourth-order valence-corrected chi connectivity index (χ4v) is 5.83. The van der Waals surface area contributed by atoms with E-state index in [0.29, 0.717) is 35.2 Å². The number of carbonyl (C=O) groups excluding carboxylic acids is 1. The van der Waals surface area contributed by atoms with Crippen molar-refractivity contribution in [2.24, 2.45) is 0 Å². The second-order valence-corrected chi connectivity index (χ2v) is 10.6. The first-order chi connectivity index (χ1) is 16.4. The fourth-order valence-electron chi connectivity index (χ4n) is 4.29. The van der Waals surface area contributed by atoms with Crippen LogP contribution in [0.3, 0.4) is 0 Å². The van der Waals surface area contributed by atoms with Crippen molar-refractivity contribution >= 4 is 38.9 Å². The third kappa shape index (κ3) is 4.48. The van der Waals surface area contributed by atoms with E-state index in [1.807, 2.05) is 72.5 Å². The molecule has 0 saturated carbocycles. The van der Waals surface area contributed by atoms with Crippen LogP contribution >= 0.6 is 10.6 Å². The number of fused-ring (bicyclic) bond motifs is 2. The van der Waals surface area contributed by atoms with Gasteiger partial charge in [-0.2, -0.15) is 10.6 Å². The summed E-state index contributed by atoms with van der Waals surface area (Å²) in [6.07, 6.45) is 1.84. The zero-order valence-corrected chi connectivity index (χ0v) is 19.6. The Labute approximate surface area is 199 Å². The van der Waals surface area contributed by atoms with Crippen LogP contribution in [0.15, 0.2) is 77.8 Å². The smallest absolute Gasteiger partial charge is 0.230 e. The van der Waals surface area contributed by atoms with Gasteiger partial charge in [-0.3, -0.25) is 18.9 Å². The molecule has 5 rings (SSSR count). The van der Waals surface area contributed by atoms with Crippen LogP contribution < -0.4 is 10.2 Å². The summed E-state index contributed by atoms with van der Waals surface area (Å²) in [5, 5.41) is 3.91. The van der Waals surface area contributed by atoms with Gasteiger partial charge in [0.2, 0.25) is 5.91 Å². The lowest BCUT2D eigenvalue weighted by Gasteiger charge is -2.32. The topological polar surface area (TPSA) is 98.6 Å². The van der Waals surface area contributed by atoms with Crippen LogP contribution in [0.2, 0.25) is 0 Å². The van der Waals surface area contributed by atoms with Gasteiger partial charge < -0.3 is 10.2 Å². The quantitative estimate of drug-likeness (QED) is 0.374. The minimum Gasteiger partial charge on any atom is -0.351 e. The first kappa shape index (κ1) is 22.3. The number of nitrogens with one attached hydrogen (secondary N) is 1. The number of amides is 1. The summed E-state index contributed by atoms with van der Waals surface area (Å²) in [6.45, 7) is 2.92. The molecule has 0 spiro atoms. The monoisotopic (exact) mass is 474 g/mol. The van der Waals surface area contributed by atoms with Gasteiger partial charge in [0.15, 0.2) is 0 Å². The number of hydrogen-bond donors (Lipinski definition) is 3. The van der Waals surface area contributed by atoms with Gasteiger partial charge in [0.05, 0.1) is 28.3 Å². The largest absolute Gasteiger partial charge is 0.351 e. The Morgan fingerprint density at radius 3 is 2.74 bits per heavy atom. The highest BCUT2D eigenvalue weighted by Crippen LogP contribution is 2.51. The van der Waals surface area contributed by atoms with Crippen molar-refractivity contribution in [1.29, 1.82) is 0 Å². The Morgan fingerprint density at radius 1 is 1.09 bits per heavy atom. The van der Waals surface area contributed by atoms with E-state index in [1.54, 1.807) is 12.3 Å². The summed E-state index contributed by atoms with van der Waals surface area (Å²) in [5.41, 5.74) is 4.04. The molecule has 34 heavy (non-hydrogen) atoms. The van der Waals surface area contributed by atoms with Gasteiger partial charge in [-0.05, 0) is 36.2 Å². The van der Waals surface area contributed by atoms with E-state index >= 15 is 0 Å². The molecule has 8 heteroatoms. The number of rotatable bonds is 4. The number of aromatic nitrogens is 2. The average molecular weight is 475 g/mol. The summed E-state index contributed by atoms with van der Waals surface area (Å²) >= 11 is 0. The molecule has 7 nitrogen and oxygen atoms in total. The van der Waals surface area contributed by atoms with Gasteiger partial charge in [0, 0.05) is 36.4 Å². The second kappa shape index (κ2) is 9.06. The molecule has 1 aliphatic heterocycles. The van der Waals surface area contributed by atoms with E-state index in [4.69, 9.17) is 4.98 Å². The van der Waals surface area contributed by atoms with Crippen molar-refractivity contribution in [2.45, 2.75) is 24.8 Å². The third-order valence-corrected chi connectivity index (χ3v) is 7.88. The lowest BCUT2D eigenvalue weighted by molar-refractivity contribution is -0.115. The molecule has 0 atom stereocenters. The maximum Gasteiger partial charge on any atom is 0.230 e. The minimum atomic E-state index is -2.88. The third-order valence-electron chi connectivity index (χ3n) is 6.03. The molecule has 0 fully saturated rings. The molecular weight excluding hydrogens is 448 g/mol. The Hall–Kier alpha value is -3.46. The molecule has 2 aromatic carbocycles. The van der Waals surface area contributed by atoms with Gasteiger partial charge in [0.25, 0.3) is 0 Å². The number of anilines is 2. The van der Waals surface area contributed by atoms with Gasteiger partial charge in [-0.1, -0.05) is 42.5 Å². The standard InChI is InChI=1S/C26H26N4O3S/c1-18-7-6-10-21-22(28-25(31)15-20-9-4-5-12-27-20)16-24(29-26(18)21)30-13-14-34(32,33)23-11-3-2-8-19(23)17-30/h2-12,16,32-33H,13-15,17H2,1H3,(H,28,29,31). The van der Waals surface area contributed by atoms with Crippen LogP contribution in [0.1, 0.15) is 16.8 Å². The zero-order valence-electron chi connectivity index (χ0n) is 18.8. The highest BCUT2D eigenvalue weighted by molar-refractivity contribution is 8.24. The predicted molar refractivity (Wildman–Crippen MR) is 137 cm³/mol. The minimum absolute atomic E-state index is 0.158. The van der Waals surface area contributed by atoms with Crippen LogP contribution in [0, 0.1) is 6.92 Å². The Balaban J connectivity index is 1.52. The molecule has 1 amide bonds. The summed E-state index contributed by atoms with van der Waals surface area (Å²) in [7, 11) is -2.88. The molecule has 3 heterocycles. The van der Waals surface area contributed by atoms with Crippen molar-refractivity contribution in [1.82, 2.24) is 9.97 Å². The normalized spacial score (nSPS) is 15.9. The van der Waals surface area contributed by atoms with Gasteiger partial charge in [0.1, 0.15) is 5.82 Å². The van der Waals surface area contributed by atoms with Crippen LogP contribution in [-0.2, 0) is 17.8 Å². The van der Waals surface area contributed by atoms with E-state index in [0.717, 1.165) is 22.0 Å². The maximum absolute atomic E-state index is 12.9. The van der Waals surface area contributed by atoms with E-state index in [-0.39, 0.29) is 18.1 Å². The van der Waals surface area contributed by atoms with Crippen molar-refractivity contribution in [3.05, 3.63) is 89.7 Å². The molecule has 4 aromatic rings. The van der Waals surface area contributed by atoms with Crippen LogP contribution in [0.5, 0.6) is 0 Å². The number of aryl methyl sites for hydroxylation is 1. The van der Waals surface area contributed by atoms with E-state index < -0.39 is 10.6 Å². The number of nitrogens with zero attached hydrogens (tertiary/aromatic N) is 3. The van der Waals surface area contributed by atoms with Crippen molar-refractivity contribution in [3.8, 4) is 0 Å². The number of benzene rings is 2. The van der Waals surface area contributed by atoms with Crippen LogP contribution in [0.25, 0.3) is 10.9 Å². The van der Waals surface area contributed by atoms with E-state index in [2.05, 4.69) is 10.3 Å². The van der Waals surface area contributed by atoms with E-state index in [1.165, 1.54) is 0 Å². The van der Waals surface area contributed by atoms with Gasteiger partial charge in [-0.15, -0.1) is 0 Å². The molecule has 0 saturated heterocycles. The summed E-state index contributed by atoms with van der Waals surface area (Å²) in [5.74, 6) is 0.745. The molecule has 2 aromatic heterocycles. The number of para-hydroxylation sites is 1. The Bertz CT molecular complexity index is 1360. The molecule has 0 radical (unpaired) electrons. The molecule has 1 aliphatic rings. The fraction of sp³-hybridized carbons (Fsp3) is 0.192. The van der Waals surface area contributed by atoms with Crippen LogP contribution in [-0.4, -0.2) is 37.3 Å². The first-order valence-electron chi connectivity index (χ1n) is 11.1. The first-order valence-corrected chi connectivity index (χ1v) is 12.8. The average Bonchev–Trinajstić information content (AvgIpc) is 2.96. The highest BCUT2D eigenvalue weighted by Gasteiger charge is 2.27. The van der Waals surface area contributed by atoms with Gasteiger partial charge >= 0.3 is 0 Å². The summed E-state index contributed by atoms with van der Waals surface area (Å²) in [4.78, 5) is 24.7. The van der Waals surface area contributed by atoms with Crippen LogP contribution in [0.4, 0.5) is 11.5 Å². The molecule has 174 valence electrons. The number of hydrogen-bond acceptors (Lipinski definition) is 6. The zero-order chi connectivity index (χ0) is 23.7. The SMILES string of the molecule is Cc1cccc2c(NC(=O)Cc3ccccn3)cc(N3CCS(O)(O)c4ccccc4C3)nc12. The maximum atomic E-state index is 12.9. The lowest BCUT2D eigenvalue weighted by atomic mass is 10.1. The Kier molecular flexibility index (Phi) is 5.95. The molecular formula is C26H26N4O3S. The molecule has 0 bridgehead atoms. The summed E-state index contributed by atoms with van der Waals surface area (Å²) in [6, 6.07) is 20.7. The van der Waals surface area contributed by atoms with E-state index in [9.17, 15) is 13.9 Å². The second-order valence-electron chi connectivity index (χ2n) is 8.45. The van der Waals surface area contributed by atoms with Crippen molar-refractivity contribution in [3.63, 3.8) is 0 Å². The van der Waals surface area contributed by atoms with Gasteiger partial charge in [-0.25, -0.2) is 4.98 Å². The van der Waals surface area contributed by atoms with Crippen molar-refractivity contribution in [2.75, 3.05) is 22.5 Å². The molecule has 3 N–H and O–H groups in total. The molecule has 0 unspecified atom stereocenters. The molecule has 0 aliphatic carbocycles. The number of pyridine rings is 2. The Morgan fingerprint density at radius 2 is 1.91 bits per heavy atom. The highest BCUT2D eigenvalue weighted by atomic mass is 32.3.